The molecule has 228 valence electrons. The number of hydrogen-bond donors (Lipinski definition) is 3. The first kappa shape index (κ1) is 29.2. The zero-order valence-electron chi connectivity index (χ0n) is 24.7. The molecule has 1 spiro atoms. The molecule has 1 saturated carbocycles. The van der Waals surface area contributed by atoms with Crippen LogP contribution in [0.15, 0.2) is 54.6 Å². The fourth-order valence-electron chi connectivity index (χ4n) is 7.18. The van der Waals surface area contributed by atoms with Crippen molar-refractivity contribution in [3.63, 3.8) is 0 Å². The molecule has 10 nitrogen and oxygen atoms in total. The molecule has 3 N–H and O–H groups in total. The molecule has 0 unspecified atom stereocenters. The van der Waals surface area contributed by atoms with Crippen LogP contribution in [-0.2, 0) is 32.1 Å². The number of piperidine rings is 1. The van der Waals surface area contributed by atoms with Gasteiger partial charge in [0.15, 0.2) is 0 Å². The quantitative estimate of drug-likeness (QED) is 0.457. The molecule has 3 fully saturated rings. The van der Waals surface area contributed by atoms with Crippen molar-refractivity contribution in [1.82, 2.24) is 25.8 Å². The first-order valence-electron chi connectivity index (χ1n) is 15.7. The number of amides is 4. The van der Waals surface area contributed by atoms with Gasteiger partial charge < -0.3 is 30.7 Å². The second-order valence-electron chi connectivity index (χ2n) is 12.3. The molecule has 3 aliphatic heterocycles. The van der Waals surface area contributed by atoms with Crippen molar-refractivity contribution in [1.29, 1.82) is 0 Å². The molecule has 1 atom stereocenters. The van der Waals surface area contributed by atoms with Crippen molar-refractivity contribution in [2.75, 3.05) is 37.7 Å². The lowest BCUT2D eigenvalue weighted by molar-refractivity contribution is -0.140. The molecule has 0 aromatic heterocycles. The average molecular weight is 587 g/mol. The summed E-state index contributed by atoms with van der Waals surface area (Å²) in [5, 5.41) is 9.23. The highest BCUT2D eigenvalue weighted by Gasteiger charge is 2.54. The Hall–Kier alpha value is -3.92. The third-order valence-corrected chi connectivity index (χ3v) is 9.64. The molecular weight excluding hydrogens is 544 g/mol. The summed E-state index contributed by atoms with van der Waals surface area (Å²) in [7, 11) is 0. The minimum Gasteiger partial charge on any atom is -0.352 e. The number of nitrogens with one attached hydrogen (secondary N) is 3. The van der Waals surface area contributed by atoms with Crippen molar-refractivity contribution in [2.45, 2.75) is 75.5 Å². The first-order chi connectivity index (χ1) is 20.9. The molecular formula is C33H42N6O4. The highest BCUT2D eigenvalue weighted by Crippen LogP contribution is 2.39. The van der Waals surface area contributed by atoms with Crippen LogP contribution >= 0.6 is 0 Å². The zero-order chi connectivity index (χ0) is 29.8. The Bertz CT molecular complexity index is 1340. The zero-order valence-corrected chi connectivity index (χ0v) is 24.7. The normalized spacial score (nSPS) is 21.9. The number of para-hydroxylation sites is 1. The summed E-state index contributed by atoms with van der Waals surface area (Å²) in [5.74, 6) is -0.497. The van der Waals surface area contributed by atoms with E-state index in [4.69, 9.17) is 0 Å². The van der Waals surface area contributed by atoms with Crippen LogP contribution in [0.5, 0.6) is 0 Å². The van der Waals surface area contributed by atoms with E-state index >= 15 is 0 Å². The number of fused-ring (bicyclic) bond motifs is 1. The lowest BCUT2D eigenvalue weighted by atomic mass is 9.85. The van der Waals surface area contributed by atoms with Gasteiger partial charge >= 0.3 is 0 Å². The molecule has 2 aromatic rings. The van der Waals surface area contributed by atoms with Crippen molar-refractivity contribution in [3.8, 4) is 0 Å². The van der Waals surface area contributed by atoms with Crippen LogP contribution < -0.4 is 20.9 Å². The Morgan fingerprint density at radius 2 is 1.60 bits per heavy atom. The maximum atomic E-state index is 14.0. The van der Waals surface area contributed by atoms with Gasteiger partial charge in [0.25, 0.3) is 5.91 Å². The Balaban J connectivity index is 1.06. The first-order valence-corrected chi connectivity index (χ1v) is 15.7. The molecule has 3 heterocycles. The van der Waals surface area contributed by atoms with Gasteiger partial charge in [0, 0.05) is 31.4 Å². The molecule has 0 radical (unpaired) electrons. The van der Waals surface area contributed by atoms with E-state index in [1.807, 2.05) is 48.5 Å². The fourth-order valence-corrected chi connectivity index (χ4v) is 7.18. The van der Waals surface area contributed by atoms with Crippen LogP contribution in [0.25, 0.3) is 0 Å². The third kappa shape index (κ3) is 6.25. The van der Waals surface area contributed by atoms with Gasteiger partial charge in [-0.2, -0.15) is 0 Å². The predicted octanol–water partition coefficient (Wildman–Crippen LogP) is 1.93. The number of likely N-dealkylation sites (tertiary alicyclic amines) is 1. The van der Waals surface area contributed by atoms with E-state index < -0.39 is 5.54 Å². The Morgan fingerprint density at radius 3 is 2.35 bits per heavy atom. The molecule has 43 heavy (non-hydrogen) atoms. The second kappa shape index (κ2) is 12.8. The SMILES string of the molecule is O=C(CN1CN(c2ccccc2)C2(CCN(C(=O)CNC(=O)[C@H]3Cc4ccccc4CN3)CC2)C1=O)NC1CCCCC1. The van der Waals surface area contributed by atoms with Crippen LogP contribution in [0.3, 0.4) is 0 Å². The highest BCUT2D eigenvalue weighted by atomic mass is 16.2. The van der Waals surface area contributed by atoms with Crippen LogP contribution in [0, 0.1) is 0 Å². The molecule has 2 aromatic carbocycles. The van der Waals surface area contributed by atoms with Gasteiger partial charge in [0.2, 0.25) is 17.7 Å². The van der Waals surface area contributed by atoms with Crippen LogP contribution in [-0.4, -0.2) is 83.9 Å². The van der Waals surface area contributed by atoms with E-state index in [-0.39, 0.29) is 48.8 Å². The van der Waals surface area contributed by atoms with Crippen LogP contribution in [0.2, 0.25) is 0 Å². The molecule has 10 heteroatoms. The maximum Gasteiger partial charge on any atom is 0.250 e. The standard InChI is InChI=1S/C33H42N6O4/c40-29(36-26-11-3-1-4-12-26)22-38-23-39(27-13-5-2-6-14-27)33(32(38)43)15-17-37(18-16-33)30(41)21-35-31(42)28-19-24-9-7-8-10-25(24)20-34-28/h2,5-10,13-14,26,28,34H,1,3-4,11-12,15-23H2,(H,35,42)(H,36,40)/t28-/m1/s1. The van der Waals surface area contributed by atoms with Crippen LogP contribution in [0.4, 0.5) is 5.69 Å². The highest BCUT2D eigenvalue weighted by molar-refractivity contribution is 5.96. The van der Waals surface area contributed by atoms with Crippen molar-refractivity contribution >= 4 is 29.3 Å². The summed E-state index contributed by atoms with van der Waals surface area (Å²) in [6.07, 6.45) is 6.97. The summed E-state index contributed by atoms with van der Waals surface area (Å²) in [5.41, 5.74) is 2.46. The van der Waals surface area contributed by atoms with Gasteiger partial charge in [0.05, 0.1) is 19.3 Å². The molecule has 2 saturated heterocycles. The molecule has 4 aliphatic rings. The van der Waals surface area contributed by atoms with Gasteiger partial charge in [-0.25, -0.2) is 0 Å². The van der Waals surface area contributed by atoms with E-state index in [1.54, 1.807) is 9.80 Å². The monoisotopic (exact) mass is 586 g/mol. The van der Waals surface area contributed by atoms with E-state index in [1.165, 1.54) is 12.0 Å². The van der Waals surface area contributed by atoms with Gasteiger partial charge in [0.1, 0.15) is 12.1 Å². The minimum absolute atomic E-state index is 0.0365. The third-order valence-electron chi connectivity index (χ3n) is 9.64. The fraction of sp³-hybridized carbons (Fsp3) is 0.515. The number of anilines is 1. The van der Waals surface area contributed by atoms with E-state index in [0.29, 0.717) is 45.6 Å². The second-order valence-corrected chi connectivity index (χ2v) is 12.3. The van der Waals surface area contributed by atoms with Gasteiger partial charge in [-0.3, -0.25) is 19.2 Å². The Morgan fingerprint density at radius 1 is 0.907 bits per heavy atom. The lowest BCUT2D eigenvalue weighted by Gasteiger charge is -2.43. The molecule has 6 rings (SSSR count). The number of rotatable bonds is 7. The van der Waals surface area contributed by atoms with E-state index in [0.717, 1.165) is 36.9 Å². The largest absolute Gasteiger partial charge is 0.352 e. The number of benzene rings is 2. The summed E-state index contributed by atoms with van der Waals surface area (Å²) in [6.45, 7) is 1.73. The van der Waals surface area contributed by atoms with Gasteiger partial charge in [-0.1, -0.05) is 61.7 Å². The number of carbonyl (C=O) groups excluding carboxylic acids is 4. The van der Waals surface area contributed by atoms with Crippen LogP contribution in [0.1, 0.15) is 56.1 Å². The molecule has 4 amide bonds. The summed E-state index contributed by atoms with van der Waals surface area (Å²) >= 11 is 0. The summed E-state index contributed by atoms with van der Waals surface area (Å²) in [6, 6.07) is 17.7. The number of hydrogen-bond acceptors (Lipinski definition) is 6. The summed E-state index contributed by atoms with van der Waals surface area (Å²) < 4.78 is 0. The maximum absolute atomic E-state index is 14.0. The average Bonchev–Trinajstić information content (AvgIpc) is 3.30. The Labute approximate surface area is 253 Å². The number of carbonyl (C=O) groups is 4. The van der Waals surface area contributed by atoms with Gasteiger partial charge in [-0.05, 0) is 55.4 Å². The van der Waals surface area contributed by atoms with Crippen molar-refractivity contribution in [3.05, 3.63) is 65.7 Å². The van der Waals surface area contributed by atoms with Crippen molar-refractivity contribution < 1.29 is 19.2 Å². The Kier molecular flexibility index (Phi) is 8.65. The predicted molar refractivity (Wildman–Crippen MR) is 163 cm³/mol. The number of nitrogens with zero attached hydrogens (tertiary/aromatic N) is 3. The summed E-state index contributed by atoms with van der Waals surface area (Å²) in [4.78, 5) is 58.5. The van der Waals surface area contributed by atoms with Gasteiger partial charge in [-0.15, -0.1) is 0 Å². The molecule has 1 aliphatic carbocycles. The smallest absolute Gasteiger partial charge is 0.250 e. The topological polar surface area (TPSA) is 114 Å². The van der Waals surface area contributed by atoms with E-state index in [2.05, 4.69) is 26.9 Å². The van der Waals surface area contributed by atoms with E-state index in [9.17, 15) is 19.2 Å². The lowest BCUT2D eigenvalue weighted by Crippen LogP contribution is -2.58. The minimum atomic E-state index is -0.814. The van der Waals surface area contributed by atoms with Crippen molar-refractivity contribution in [2.24, 2.45) is 0 Å². The molecule has 0 bridgehead atoms.